The predicted octanol–water partition coefficient (Wildman–Crippen LogP) is 2.97. The highest BCUT2D eigenvalue weighted by Crippen LogP contribution is 2.31. The molecule has 0 aliphatic heterocycles. The Balaban J connectivity index is 2.99. The largest absolute Gasteiger partial charge is 0.471 e. The van der Waals surface area contributed by atoms with Crippen LogP contribution in [0, 0.1) is 10.1 Å². The third-order valence-corrected chi connectivity index (χ3v) is 2.54. The van der Waals surface area contributed by atoms with Gasteiger partial charge in [-0.25, -0.2) is 4.79 Å². The van der Waals surface area contributed by atoms with Crippen LogP contribution in [-0.4, -0.2) is 23.6 Å². The van der Waals surface area contributed by atoms with Crippen molar-refractivity contribution < 1.29 is 19.2 Å². The Hall–Kier alpha value is -1.82. The average molecular weight is 288 g/mol. The Morgan fingerprint density at radius 1 is 1.47 bits per heavy atom. The van der Waals surface area contributed by atoms with Crippen molar-refractivity contribution in [2.24, 2.45) is 0 Å². The van der Waals surface area contributed by atoms with Crippen molar-refractivity contribution in [2.75, 3.05) is 6.61 Å². The Bertz CT molecular complexity index is 477. The molecular weight excluding hydrogens is 274 g/mol. The summed E-state index contributed by atoms with van der Waals surface area (Å²) in [4.78, 5) is 21.9. The fourth-order valence-electron chi connectivity index (χ4n) is 1.42. The second kappa shape index (κ2) is 6.94. The molecule has 1 unspecified atom stereocenters. The summed E-state index contributed by atoms with van der Waals surface area (Å²) in [5.41, 5.74) is -0.243. The quantitative estimate of drug-likeness (QED) is 0.456. The van der Waals surface area contributed by atoms with Crippen molar-refractivity contribution in [2.45, 2.75) is 26.4 Å². The Morgan fingerprint density at radius 2 is 2.16 bits per heavy atom. The molecule has 0 radical (unpaired) electrons. The molecule has 0 amide bonds. The molecule has 0 spiro atoms. The molecule has 1 aromatic rings. The van der Waals surface area contributed by atoms with E-state index in [1.165, 1.54) is 18.2 Å². The minimum atomic E-state index is -0.892. The molecule has 19 heavy (non-hydrogen) atoms. The van der Waals surface area contributed by atoms with Gasteiger partial charge in [0.05, 0.1) is 11.5 Å². The highest BCUT2D eigenvalue weighted by molar-refractivity contribution is 6.30. The molecule has 0 heterocycles. The Kier molecular flexibility index (Phi) is 5.57. The number of ether oxygens (including phenoxy) is 2. The van der Waals surface area contributed by atoms with Crippen LogP contribution in [0.15, 0.2) is 18.2 Å². The molecule has 7 heteroatoms. The van der Waals surface area contributed by atoms with Crippen molar-refractivity contribution in [3.8, 4) is 5.75 Å². The summed E-state index contributed by atoms with van der Waals surface area (Å²) in [5, 5.41) is 11.2. The lowest BCUT2D eigenvalue weighted by molar-refractivity contribution is -0.386. The van der Waals surface area contributed by atoms with E-state index in [9.17, 15) is 14.9 Å². The van der Waals surface area contributed by atoms with Gasteiger partial charge in [0.1, 0.15) is 0 Å². The van der Waals surface area contributed by atoms with Crippen LogP contribution in [0.25, 0.3) is 0 Å². The summed E-state index contributed by atoms with van der Waals surface area (Å²) in [5.74, 6) is -0.600. The van der Waals surface area contributed by atoms with Gasteiger partial charge in [0.15, 0.2) is 11.9 Å². The van der Waals surface area contributed by atoms with Crippen LogP contribution in [-0.2, 0) is 9.53 Å². The maximum Gasteiger partial charge on any atom is 0.347 e. The zero-order valence-electron chi connectivity index (χ0n) is 10.6. The van der Waals surface area contributed by atoms with E-state index in [0.717, 1.165) is 0 Å². The smallest absolute Gasteiger partial charge is 0.347 e. The highest BCUT2D eigenvalue weighted by atomic mass is 35.5. The molecule has 1 atom stereocenters. The van der Waals surface area contributed by atoms with Crippen molar-refractivity contribution >= 4 is 23.3 Å². The Morgan fingerprint density at radius 3 is 2.68 bits per heavy atom. The van der Waals surface area contributed by atoms with Crippen LogP contribution >= 0.6 is 11.6 Å². The molecule has 6 nitrogen and oxygen atoms in total. The molecule has 0 aliphatic rings. The van der Waals surface area contributed by atoms with Gasteiger partial charge in [-0.05, 0) is 19.4 Å². The third kappa shape index (κ3) is 4.10. The average Bonchev–Trinajstić information content (AvgIpc) is 2.35. The lowest BCUT2D eigenvalue weighted by Gasteiger charge is -2.16. The van der Waals surface area contributed by atoms with Gasteiger partial charge in [-0.15, -0.1) is 0 Å². The summed E-state index contributed by atoms with van der Waals surface area (Å²) in [7, 11) is 0. The van der Waals surface area contributed by atoms with Gasteiger partial charge in [0, 0.05) is 17.2 Å². The number of benzene rings is 1. The van der Waals surface area contributed by atoms with E-state index in [-0.39, 0.29) is 18.0 Å². The van der Waals surface area contributed by atoms with Gasteiger partial charge >= 0.3 is 11.7 Å². The van der Waals surface area contributed by atoms with E-state index in [0.29, 0.717) is 11.4 Å². The van der Waals surface area contributed by atoms with Crippen LogP contribution in [0.2, 0.25) is 5.02 Å². The molecule has 0 aromatic heterocycles. The number of rotatable bonds is 6. The van der Waals surface area contributed by atoms with E-state index >= 15 is 0 Å². The van der Waals surface area contributed by atoms with E-state index in [4.69, 9.17) is 21.1 Å². The van der Waals surface area contributed by atoms with Crippen molar-refractivity contribution in [1.29, 1.82) is 0 Å². The molecule has 1 rings (SSSR count). The fraction of sp³-hybridized carbons (Fsp3) is 0.417. The minimum Gasteiger partial charge on any atom is -0.471 e. The van der Waals surface area contributed by atoms with Crippen molar-refractivity contribution in [1.82, 2.24) is 0 Å². The molecule has 0 aliphatic carbocycles. The molecule has 104 valence electrons. The van der Waals surface area contributed by atoms with Crippen LogP contribution in [0.4, 0.5) is 5.69 Å². The number of nitro benzene ring substituents is 1. The second-order valence-corrected chi connectivity index (χ2v) is 4.07. The lowest BCUT2D eigenvalue weighted by Crippen LogP contribution is -2.28. The summed E-state index contributed by atoms with van der Waals surface area (Å²) < 4.78 is 10.2. The number of esters is 1. The lowest BCUT2D eigenvalue weighted by atomic mass is 10.2. The van der Waals surface area contributed by atoms with Crippen LogP contribution in [0.1, 0.15) is 20.3 Å². The van der Waals surface area contributed by atoms with E-state index in [2.05, 4.69) is 0 Å². The van der Waals surface area contributed by atoms with Gasteiger partial charge in [0.2, 0.25) is 0 Å². The van der Waals surface area contributed by atoms with Crippen molar-refractivity contribution in [3.05, 3.63) is 33.3 Å². The number of carbonyl (C=O) groups excluding carboxylic acids is 1. The standard InChI is InChI=1S/C12H14ClNO5/c1-3-10(12(15)18-4-2)19-11-7-8(13)5-6-9(11)14(16)17/h5-7,10H,3-4H2,1-2H3. The molecule has 0 fully saturated rings. The zero-order chi connectivity index (χ0) is 14.4. The summed E-state index contributed by atoms with van der Waals surface area (Å²) >= 11 is 5.77. The number of hydrogen-bond donors (Lipinski definition) is 0. The molecule has 0 saturated heterocycles. The first-order valence-corrected chi connectivity index (χ1v) is 6.14. The Labute approximate surface area is 115 Å². The molecule has 1 aromatic carbocycles. The topological polar surface area (TPSA) is 78.7 Å². The number of halogens is 1. The number of hydrogen-bond acceptors (Lipinski definition) is 5. The highest BCUT2D eigenvalue weighted by Gasteiger charge is 2.24. The van der Waals surface area contributed by atoms with Gasteiger partial charge in [-0.2, -0.15) is 0 Å². The summed E-state index contributed by atoms with van der Waals surface area (Å²) in [6.07, 6.45) is -0.556. The molecule has 0 N–H and O–H groups in total. The second-order valence-electron chi connectivity index (χ2n) is 3.64. The maximum atomic E-state index is 11.6. The SMILES string of the molecule is CCOC(=O)C(CC)Oc1cc(Cl)ccc1[N+](=O)[O-]. The normalized spacial score (nSPS) is 11.7. The van der Waals surface area contributed by atoms with Crippen LogP contribution in [0.5, 0.6) is 5.75 Å². The molecule has 0 bridgehead atoms. The number of carbonyl (C=O) groups is 1. The summed E-state index contributed by atoms with van der Waals surface area (Å²) in [6, 6.07) is 3.93. The number of nitrogens with zero attached hydrogens (tertiary/aromatic N) is 1. The third-order valence-electron chi connectivity index (χ3n) is 2.31. The molecule has 0 saturated carbocycles. The predicted molar refractivity (Wildman–Crippen MR) is 69.4 cm³/mol. The van der Waals surface area contributed by atoms with E-state index in [1.54, 1.807) is 13.8 Å². The first-order chi connectivity index (χ1) is 8.99. The van der Waals surface area contributed by atoms with Crippen LogP contribution in [0.3, 0.4) is 0 Å². The van der Waals surface area contributed by atoms with Gasteiger partial charge in [0.25, 0.3) is 0 Å². The number of nitro groups is 1. The van der Waals surface area contributed by atoms with Gasteiger partial charge in [-0.3, -0.25) is 10.1 Å². The van der Waals surface area contributed by atoms with Crippen LogP contribution < -0.4 is 4.74 Å². The van der Waals surface area contributed by atoms with E-state index < -0.39 is 17.0 Å². The zero-order valence-corrected chi connectivity index (χ0v) is 11.3. The van der Waals surface area contributed by atoms with Crippen molar-refractivity contribution in [3.63, 3.8) is 0 Å². The maximum absolute atomic E-state index is 11.6. The minimum absolute atomic E-state index is 0.0441. The first-order valence-electron chi connectivity index (χ1n) is 5.76. The molecular formula is C12H14ClNO5. The first kappa shape index (κ1) is 15.2. The fourth-order valence-corrected chi connectivity index (χ4v) is 1.58. The monoisotopic (exact) mass is 287 g/mol. The van der Waals surface area contributed by atoms with E-state index in [1.807, 2.05) is 0 Å². The van der Waals surface area contributed by atoms with Gasteiger partial charge < -0.3 is 9.47 Å². The summed E-state index contributed by atoms with van der Waals surface area (Å²) in [6.45, 7) is 3.61. The van der Waals surface area contributed by atoms with Gasteiger partial charge in [-0.1, -0.05) is 18.5 Å².